The number of nitrogens with zero attached hydrogens (tertiary/aromatic N) is 4. The first-order chi connectivity index (χ1) is 12.6. The zero-order valence-electron chi connectivity index (χ0n) is 14.7. The molecule has 7 nitrogen and oxygen atoms in total. The van der Waals surface area contributed by atoms with Gasteiger partial charge >= 0.3 is 0 Å². The first kappa shape index (κ1) is 18.6. The van der Waals surface area contributed by atoms with Crippen LogP contribution in [-0.4, -0.2) is 54.8 Å². The van der Waals surface area contributed by atoms with Crippen LogP contribution in [0.4, 0.5) is 11.6 Å². The second kappa shape index (κ2) is 8.46. The van der Waals surface area contributed by atoms with E-state index in [-0.39, 0.29) is 0 Å². The molecule has 139 valence electrons. The molecule has 1 radical (unpaired) electrons. The van der Waals surface area contributed by atoms with Crippen LogP contribution in [0.3, 0.4) is 0 Å². The molecule has 1 atom stereocenters. The van der Waals surface area contributed by atoms with Gasteiger partial charge in [-0.1, -0.05) is 31.5 Å². The molecule has 1 N–H and O–H groups in total. The standard InChI is InChI=1S/C18H24N5O2S/c1-2-7-17(26(24,25)21-16-8-4-3-5-9-16)22-12-14-23(15-13-22)18-19-10-6-11-20-18/h3-6,8-11,17,21H,1-2,7,12-15H2. The summed E-state index contributed by atoms with van der Waals surface area (Å²) in [5.41, 5.74) is 0.581. The lowest BCUT2D eigenvalue weighted by atomic mass is 10.2. The molecule has 8 heteroatoms. The van der Waals surface area contributed by atoms with E-state index in [9.17, 15) is 8.42 Å². The van der Waals surface area contributed by atoms with Crippen molar-refractivity contribution in [1.82, 2.24) is 14.9 Å². The van der Waals surface area contributed by atoms with E-state index in [1.165, 1.54) is 0 Å². The molecule has 1 fully saturated rings. The first-order valence-electron chi connectivity index (χ1n) is 8.72. The fourth-order valence-corrected chi connectivity index (χ4v) is 4.79. The highest BCUT2D eigenvalue weighted by molar-refractivity contribution is 7.93. The molecule has 26 heavy (non-hydrogen) atoms. The zero-order chi connectivity index (χ0) is 18.4. The number of benzene rings is 1. The Morgan fingerprint density at radius 3 is 2.31 bits per heavy atom. The van der Waals surface area contributed by atoms with Crippen LogP contribution in [0.5, 0.6) is 0 Å². The number of para-hydroxylation sites is 1. The molecule has 0 saturated carbocycles. The van der Waals surface area contributed by atoms with E-state index in [1.54, 1.807) is 30.6 Å². The smallest absolute Gasteiger partial charge is 0.249 e. The predicted octanol–water partition coefficient (Wildman–Crippen LogP) is 1.98. The normalized spacial score (nSPS) is 17.0. The molecular formula is C18H24N5O2S. The second-order valence-corrected chi connectivity index (χ2v) is 8.02. The van der Waals surface area contributed by atoms with Crippen LogP contribution in [0.2, 0.25) is 0 Å². The van der Waals surface area contributed by atoms with Crippen molar-refractivity contribution in [1.29, 1.82) is 0 Å². The van der Waals surface area contributed by atoms with Crippen LogP contribution in [-0.2, 0) is 10.0 Å². The lowest BCUT2D eigenvalue weighted by molar-refractivity contribution is 0.225. The van der Waals surface area contributed by atoms with Crippen molar-refractivity contribution in [3.63, 3.8) is 0 Å². The van der Waals surface area contributed by atoms with Gasteiger partial charge in [0.25, 0.3) is 0 Å². The molecule has 0 spiro atoms. The Balaban J connectivity index is 1.68. The largest absolute Gasteiger partial charge is 0.338 e. The van der Waals surface area contributed by atoms with Gasteiger partial charge in [0, 0.05) is 44.3 Å². The van der Waals surface area contributed by atoms with Gasteiger partial charge in [-0.15, -0.1) is 0 Å². The van der Waals surface area contributed by atoms with E-state index >= 15 is 0 Å². The Morgan fingerprint density at radius 1 is 1.04 bits per heavy atom. The van der Waals surface area contributed by atoms with E-state index in [0.29, 0.717) is 50.7 Å². The fourth-order valence-electron chi connectivity index (χ4n) is 3.11. The third-order valence-electron chi connectivity index (χ3n) is 4.40. The molecule has 1 saturated heterocycles. The highest BCUT2D eigenvalue weighted by Crippen LogP contribution is 2.20. The van der Waals surface area contributed by atoms with Gasteiger partial charge in [-0.3, -0.25) is 9.62 Å². The van der Waals surface area contributed by atoms with Crippen LogP contribution in [0, 0.1) is 6.92 Å². The summed E-state index contributed by atoms with van der Waals surface area (Å²) >= 11 is 0. The molecule has 1 aromatic carbocycles. The maximum atomic E-state index is 12.9. The Hall–Kier alpha value is -2.19. The summed E-state index contributed by atoms with van der Waals surface area (Å²) in [7, 11) is -3.53. The number of sulfonamides is 1. The third-order valence-corrected chi connectivity index (χ3v) is 6.17. The van der Waals surface area contributed by atoms with Crippen molar-refractivity contribution in [2.24, 2.45) is 0 Å². The molecule has 1 aromatic heterocycles. The number of hydrogen-bond donors (Lipinski definition) is 1. The first-order valence-corrected chi connectivity index (χ1v) is 10.3. The minimum atomic E-state index is -3.53. The van der Waals surface area contributed by atoms with Crippen LogP contribution in [0.25, 0.3) is 0 Å². The molecule has 0 bridgehead atoms. The molecule has 1 aliphatic heterocycles. The molecule has 0 aliphatic carbocycles. The van der Waals surface area contributed by atoms with Crippen LogP contribution < -0.4 is 9.62 Å². The third kappa shape index (κ3) is 4.50. The van der Waals surface area contributed by atoms with Crippen LogP contribution in [0.15, 0.2) is 48.8 Å². The quantitative estimate of drug-likeness (QED) is 0.798. The average molecular weight is 374 g/mol. The van der Waals surface area contributed by atoms with E-state index in [4.69, 9.17) is 0 Å². The monoisotopic (exact) mass is 374 g/mol. The van der Waals surface area contributed by atoms with Crippen molar-refractivity contribution in [2.75, 3.05) is 35.8 Å². The summed E-state index contributed by atoms with van der Waals surface area (Å²) in [5, 5.41) is -0.598. The summed E-state index contributed by atoms with van der Waals surface area (Å²) in [6.45, 7) is 6.52. The van der Waals surface area contributed by atoms with Gasteiger partial charge in [0.15, 0.2) is 0 Å². The molecule has 2 aromatic rings. The minimum Gasteiger partial charge on any atom is -0.338 e. The van der Waals surface area contributed by atoms with E-state index < -0.39 is 15.4 Å². The van der Waals surface area contributed by atoms with Gasteiger partial charge < -0.3 is 4.90 Å². The predicted molar refractivity (Wildman–Crippen MR) is 103 cm³/mol. The highest BCUT2D eigenvalue weighted by Gasteiger charge is 2.33. The minimum absolute atomic E-state index is 0.490. The number of hydrogen-bond acceptors (Lipinski definition) is 6. The van der Waals surface area contributed by atoms with Gasteiger partial charge in [0.05, 0.1) is 0 Å². The average Bonchev–Trinajstić information content (AvgIpc) is 2.67. The van der Waals surface area contributed by atoms with E-state index in [1.807, 2.05) is 23.1 Å². The number of aromatic nitrogens is 2. The summed E-state index contributed by atoms with van der Waals surface area (Å²) in [4.78, 5) is 12.6. The van der Waals surface area contributed by atoms with E-state index in [2.05, 4.69) is 26.5 Å². The lowest BCUT2D eigenvalue weighted by Crippen LogP contribution is -2.54. The Kier molecular flexibility index (Phi) is 6.05. The maximum absolute atomic E-state index is 12.9. The van der Waals surface area contributed by atoms with E-state index in [0.717, 1.165) is 0 Å². The highest BCUT2D eigenvalue weighted by atomic mass is 32.2. The van der Waals surface area contributed by atoms with Crippen molar-refractivity contribution >= 4 is 21.7 Å². The van der Waals surface area contributed by atoms with Crippen molar-refractivity contribution in [3.8, 4) is 0 Å². The molecule has 0 amide bonds. The molecule has 1 aliphatic rings. The van der Waals surface area contributed by atoms with Gasteiger partial charge in [-0.2, -0.15) is 0 Å². The van der Waals surface area contributed by atoms with Crippen LogP contribution >= 0.6 is 0 Å². The van der Waals surface area contributed by atoms with Crippen molar-refractivity contribution in [3.05, 3.63) is 55.7 Å². The summed E-state index contributed by atoms with van der Waals surface area (Å²) < 4.78 is 28.6. The number of anilines is 2. The van der Waals surface area contributed by atoms with Gasteiger partial charge in [-0.25, -0.2) is 18.4 Å². The molecule has 2 heterocycles. The Bertz CT molecular complexity index is 778. The molecule has 1 unspecified atom stereocenters. The lowest BCUT2D eigenvalue weighted by Gasteiger charge is -2.38. The van der Waals surface area contributed by atoms with Crippen LogP contribution in [0.1, 0.15) is 12.8 Å². The summed E-state index contributed by atoms with van der Waals surface area (Å²) in [5.74, 6) is 0.686. The second-order valence-electron chi connectivity index (χ2n) is 6.18. The number of rotatable bonds is 7. The van der Waals surface area contributed by atoms with Crippen molar-refractivity contribution < 1.29 is 8.42 Å². The number of nitrogens with one attached hydrogen (secondary N) is 1. The summed E-state index contributed by atoms with van der Waals surface area (Å²) in [6.07, 6.45) is 4.48. The maximum Gasteiger partial charge on any atom is 0.249 e. The Morgan fingerprint density at radius 2 is 1.69 bits per heavy atom. The topological polar surface area (TPSA) is 78.4 Å². The van der Waals surface area contributed by atoms with Gasteiger partial charge in [-0.05, 0) is 24.6 Å². The van der Waals surface area contributed by atoms with Gasteiger partial charge in [0.2, 0.25) is 16.0 Å². The molecular weight excluding hydrogens is 350 g/mol. The van der Waals surface area contributed by atoms with Crippen molar-refractivity contribution in [2.45, 2.75) is 18.2 Å². The number of piperazine rings is 1. The summed E-state index contributed by atoms with van der Waals surface area (Å²) in [6, 6.07) is 10.8. The Labute approximate surface area is 155 Å². The fraction of sp³-hybridized carbons (Fsp3) is 0.389. The SMILES string of the molecule is [CH2]CCC(N1CCN(c2ncccn2)CC1)S(=O)(=O)Nc1ccccc1. The molecule has 3 rings (SSSR count). The zero-order valence-corrected chi connectivity index (χ0v) is 15.5. The van der Waals surface area contributed by atoms with Gasteiger partial charge in [0.1, 0.15) is 5.37 Å².